The van der Waals surface area contributed by atoms with Crippen molar-refractivity contribution in [1.82, 2.24) is 5.32 Å². The SMILES string of the molecule is CC(O)CC(C)(C)CNC(=O)Cc1ccc(Cl)cc1Cl. The van der Waals surface area contributed by atoms with Gasteiger partial charge in [0.2, 0.25) is 5.91 Å². The van der Waals surface area contributed by atoms with Gasteiger partial charge in [0, 0.05) is 16.6 Å². The van der Waals surface area contributed by atoms with E-state index < -0.39 is 0 Å². The Hall–Kier alpha value is -0.770. The van der Waals surface area contributed by atoms with Crippen molar-refractivity contribution in [3.63, 3.8) is 0 Å². The summed E-state index contributed by atoms with van der Waals surface area (Å²) in [6, 6.07) is 5.10. The summed E-state index contributed by atoms with van der Waals surface area (Å²) < 4.78 is 0. The first-order valence-electron chi connectivity index (χ1n) is 6.58. The summed E-state index contributed by atoms with van der Waals surface area (Å²) in [5.41, 5.74) is 0.607. The molecule has 0 aliphatic carbocycles. The Labute approximate surface area is 130 Å². The second-order valence-corrected chi connectivity index (χ2v) is 6.75. The van der Waals surface area contributed by atoms with Crippen LogP contribution in [0.5, 0.6) is 0 Å². The van der Waals surface area contributed by atoms with Crippen LogP contribution in [-0.4, -0.2) is 23.7 Å². The number of hydrogen-bond acceptors (Lipinski definition) is 2. The predicted molar refractivity (Wildman–Crippen MR) is 83.3 cm³/mol. The van der Waals surface area contributed by atoms with E-state index in [9.17, 15) is 9.90 Å². The summed E-state index contributed by atoms with van der Waals surface area (Å²) in [6.45, 7) is 6.28. The van der Waals surface area contributed by atoms with E-state index in [-0.39, 0.29) is 23.8 Å². The summed E-state index contributed by atoms with van der Waals surface area (Å²) in [7, 11) is 0. The van der Waals surface area contributed by atoms with Crippen molar-refractivity contribution in [3.05, 3.63) is 33.8 Å². The first kappa shape index (κ1) is 17.3. The summed E-state index contributed by atoms with van der Waals surface area (Å²) in [6.07, 6.45) is 0.475. The fourth-order valence-electron chi connectivity index (χ4n) is 2.11. The third-order valence-corrected chi connectivity index (χ3v) is 3.57. The highest BCUT2D eigenvalue weighted by Gasteiger charge is 2.21. The average Bonchev–Trinajstić information content (AvgIpc) is 2.29. The molecule has 1 unspecified atom stereocenters. The molecule has 0 spiro atoms. The molecule has 3 nitrogen and oxygen atoms in total. The molecule has 0 bridgehead atoms. The third-order valence-electron chi connectivity index (χ3n) is 2.98. The van der Waals surface area contributed by atoms with E-state index in [4.69, 9.17) is 23.2 Å². The number of carbonyl (C=O) groups is 1. The first-order valence-corrected chi connectivity index (χ1v) is 7.34. The molecule has 0 aromatic heterocycles. The molecule has 1 aromatic rings. The monoisotopic (exact) mass is 317 g/mol. The second-order valence-electron chi connectivity index (χ2n) is 5.91. The number of nitrogens with one attached hydrogen (secondary N) is 1. The van der Waals surface area contributed by atoms with Gasteiger partial charge in [0.15, 0.2) is 0 Å². The Balaban J connectivity index is 2.52. The molecule has 5 heteroatoms. The van der Waals surface area contributed by atoms with Gasteiger partial charge in [-0.25, -0.2) is 0 Å². The Morgan fingerprint density at radius 2 is 2.05 bits per heavy atom. The molecule has 0 aliphatic heterocycles. The van der Waals surface area contributed by atoms with Crippen molar-refractivity contribution in [2.24, 2.45) is 5.41 Å². The van der Waals surface area contributed by atoms with Crippen LogP contribution in [-0.2, 0) is 11.2 Å². The van der Waals surface area contributed by atoms with Crippen LogP contribution in [0.4, 0.5) is 0 Å². The fourth-order valence-corrected chi connectivity index (χ4v) is 2.59. The first-order chi connectivity index (χ1) is 9.19. The topological polar surface area (TPSA) is 49.3 Å². The average molecular weight is 318 g/mol. The van der Waals surface area contributed by atoms with E-state index >= 15 is 0 Å². The van der Waals surface area contributed by atoms with E-state index in [1.807, 2.05) is 13.8 Å². The second kappa shape index (κ2) is 7.30. The minimum absolute atomic E-state index is 0.0899. The van der Waals surface area contributed by atoms with Crippen molar-refractivity contribution in [2.75, 3.05) is 6.54 Å². The lowest BCUT2D eigenvalue weighted by Gasteiger charge is -2.26. The van der Waals surface area contributed by atoms with Gasteiger partial charge in [0.1, 0.15) is 0 Å². The van der Waals surface area contributed by atoms with Crippen molar-refractivity contribution in [3.8, 4) is 0 Å². The van der Waals surface area contributed by atoms with Gasteiger partial charge in [-0.15, -0.1) is 0 Å². The van der Waals surface area contributed by atoms with Gasteiger partial charge in [0.05, 0.1) is 12.5 Å². The van der Waals surface area contributed by atoms with Crippen LogP contribution in [0.1, 0.15) is 32.8 Å². The van der Waals surface area contributed by atoms with Crippen LogP contribution in [0.3, 0.4) is 0 Å². The number of aliphatic hydroxyl groups is 1. The largest absolute Gasteiger partial charge is 0.393 e. The number of halogens is 2. The van der Waals surface area contributed by atoms with Gasteiger partial charge < -0.3 is 10.4 Å². The number of rotatable bonds is 6. The maximum Gasteiger partial charge on any atom is 0.224 e. The standard InChI is InChI=1S/C15H21Cl2NO2/c1-10(19)8-15(2,3)9-18-14(20)6-11-4-5-12(16)7-13(11)17/h4-5,7,10,19H,6,8-9H2,1-3H3,(H,18,20). The van der Waals surface area contributed by atoms with Crippen LogP contribution in [0.2, 0.25) is 10.0 Å². The molecular weight excluding hydrogens is 297 g/mol. The molecular formula is C15H21Cl2NO2. The Morgan fingerprint density at radius 3 is 2.60 bits per heavy atom. The normalized spacial score (nSPS) is 13.1. The van der Waals surface area contributed by atoms with Crippen LogP contribution < -0.4 is 5.32 Å². The molecule has 1 rings (SSSR count). The van der Waals surface area contributed by atoms with Gasteiger partial charge in [-0.1, -0.05) is 43.1 Å². The molecule has 1 atom stereocenters. The molecule has 0 heterocycles. The highest BCUT2D eigenvalue weighted by molar-refractivity contribution is 6.35. The minimum Gasteiger partial charge on any atom is -0.393 e. The number of hydrogen-bond donors (Lipinski definition) is 2. The zero-order chi connectivity index (χ0) is 15.3. The molecule has 0 radical (unpaired) electrons. The lowest BCUT2D eigenvalue weighted by molar-refractivity contribution is -0.121. The van der Waals surface area contributed by atoms with Crippen LogP contribution >= 0.6 is 23.2 Å². The fraction of sp³-hybridized carbons (Fsp3) is 0.533. The van der Waals surface area contributed by atoms with Gasteiger partial charge in [-0.2, -0.15) is 0 Å². The zero-order valence-electron chi connectivity index (χ0n) is 12.0. The van der Waals surface area contributed by atoms with Crippen molar-refractivity contribution < 1.29 is 9.90 Å². The number of benzene rings is 1. The highest BCUT2D eigenvalue weighted by atomic mass is 35.5. The van der Waals surface area contributed by atoms with Gasteiger partial charge >= 0.3 is 0 Å². The maximum atomic E-state index is 11.9. The molecule has 20 heavy (non-hydrogen) atoms. The van der Waals surface area contributed by atoms with Crippen LogP contribution in [0, 0.1) is 5.41 Å². The molecule has 1 amide bonds. The van der Waals surface area contributed by atoms with Crippen molar-refractivity contribution in [1.29, 1.82) is 0 Å². The van der Waals surface area contributed by atoms with Crippen LogP contribution in [0.15, 0.2) is 18.2 Å². The van der Waals surface area contributed by atoms with E-state index in [0.717, 1.165) is 5.56 Å². The lowest BCUT2D eigenvalue weighted by Crippen LogP contribution is -2.36. The minimum atomic E-state index is -0.382. The summed E-state index contributed by atoms with van der Waals surface area (Å²) >= 11 is 11.8. The number of aliphatic hydroxyl groups excluding tert-OH is 1. The van der Waals surface area contributed by atoms with E-state index in [2.05, 4.69) is 5.32 Å². The third kappa shape index (κ3) is 6.12. The molecule has 0 fully saturated rings. The molecule has 0 aliphatic rings. The zero-order valence-corrected chi connectivity index (χ0v) is 13.6. The molecule has 112 valence electrons. The van der Waals surface area contributed by atoms with Gasteiger partial charge in [0.25, 0.3) is 0 Å². The number of amides is 1. The van der Waals surface area contributed by atoms with E-state index in [0.29, 0.717) is 23.0 Å². The highest BCUT2D eigenvalue weighted by Crippen LogP contribution is 2.23. The molecule has 0 saturated carbocycles. The summed E-state index contributed by atoms with van der Waals surface area (Å²) in [5, 5.41) is 13.3. The molecule has 1 aromatic carbocycles. The number of carbonyl (C=O) groups excluding carboxylic acids is 1. The quantitative estimate of drug-likeness (QED) is 0.844. The smallest absolute Gasteiger partial charge is 0.224 e. The lowest BCUT2D eigenvalue weighted by atomic mass is 9.87. The Bertz CT molecular complexity index is 473. The predicted octanol–water partition coefficient (Wildman–Crippen LogP) is 3.45. The summed E-state index contributed by atoms with van der Waals surface area (Å²) in [5.74, 6) is -0.0899. The Morgan fingerprint density at radius 1 is 1.40 bits per heavy atom. The van der Waals surface area contributed by atoms with Gasteiger partial charge in [-0.05, 0) is 36.5 Å². The molecule has 2 N–H and O–H groups in total. The summed E-state index contributed by atoms with van der Waals surface area (Å²) in [4.78, 5) is 11.9. The van der Waals surface area contributed by atoms with Crippen molar-refractivity contribution in [2.45, 2.75) is 39.7 Å². The maximum absolute atomic E-state index is 11.9. The Kier molecular flexibility index (Phi) is 6.31. The molecule has 0 saturated heterocycles. The van der Waals surface area contributed by atoms with E-state index in [1.54, 1.807) is 25.1 Å². The van der Waals surface area contributed by atoms with Crippen LogP contribution in [0.25, 0.3) is 0 Å². The van der Waals surface area contributed by atoms with E-state index in [1.165, 1.54) is 0 Å². The van der Waals surface area contributed by atoms with Gasteiger partial charge in [-0.3, -0.25) is 4.79 Å². The van der Waals surface area contributed by atoms with Crippen molar-refractivity contribution >= 4 is 29.1 Å².